The molecule has 1 unspecified atom stereocenters. The van der Waals surface area contributed by atoms with E-state index in [1.807, 2.05) is 86.5 Å². The summed E-state index contributed by atoms with van der Waals surface area (Å²) in [7, 11) is 7.82. The number of carbonyl (C=O) groups is 1. The van der Waals surface area contributed by atoms with E-state index in [1.54, 1.807) is 0 Å². The molecule has 4 heteroatoms. The van der Waals surface area contributed by atoms with E-state index < -0.39 is 5.92 Å². The molecule has 0 amide bonds. The van der Waals surface area contributed by atoms with Gasteiger partial charge in [-0.15, -0.1) is 5.76 Å². The SMILES string of the molecule is CN(C)c1ccc(C2=C([O-])C(c3ccc(N(C)C)cc3)C2=O)cc1. The normalized spacial score (nSPS) is 16.8. The third kappa shape index (κ3) is 2.64. The highest BCUT2D eigenvalue weighted by atomic mass is 16.3. The number of hydrogen-bond acceptors (Lipinski definition) is 4. The molecule has 0 aliphatic heterocycles. The van der Waals surface area contributed by atoms with Crippen LogP contribution in [0.2, 0.25) is 0 Å². The van der Waals surface area contributed by atoms with Crippen LogP contribution >= 0.6 is 0 Å². The molecule has 0 N–H and O–H groups in total. The first kappa shape index (κ1) is 16.1. The molecular weight excluding hydrogens is 300 g/mol. The Balaban J connectivity index is 1.88. The van der Waals surface area contributed by atoms with E-state index in [0.29, 0.717) is 11.1 Å². The lowest BCUT2D eigenvalue weighted by Crippen LogP contribution is -2.35. The zero-order valence-corrected chi connectivity index (χ0v) is 14.4. The molecule has 1 aliphatic carbocycles. The Kier molecular flexibility index (Phi) is 4.06. The van der Waals surface area contributed by atoms with Crippen LogP contribution in [0.15, 0.2) is 54.3 Å². The van der Waals surface area contributed by atoms with Crippen molar-refractivity contribution in [1.82, 2.24) is 0 Å². The fourth-order valence-corrected chi connectivity index (χ4v) is 2.93. The minimum absolute atomic E-state index is 0.0878. The van der Waals surface area contributed by atoms with E-state index >= 15 is 0 Å². The van der Waals surface area contributed by atoms with Crippen LogP contribution in [0.25, 0.3) is 5.57 Å². The van der Waals surface area contributed by atoms with E-state index in [2.05, 4.69) is 0 Å². The van der Waals surface area contributed by atoms with Crippen LogP contribution in [-0.4, -0.2) is 34.0 Å². The summed E-state index contributed by atoms with van der Waals surface area (Å²) in [4.78, 5) is 16.5. The molecule has 2 aromatic carbocycles. The summed E-state index contributed by atoms with van der Waals surface area (Å²) in [5.41, 5.74) is 3.87. The standard InChI is InChI=1S/C20H22N2O2/c1-21(2)15-9-5-13(6-10-15)17-19(23)18(20(17)24)14-7-11-16(12-8-14)22(3)4/h5-12,17,23H,1-4H3/p-1. The summed E-state index contributed by atoms with van der Waals surface area (Å²) in [5, 5.41) is 12.5. The molecular formula is C20H21N2O2-. The quantitative estimate of drug-likeness (QED) is 0.866. The van der Waals surface area contributed by atoms with Gasteiger partial charge in [0.25, 0.3) is 0 Å². The van der Waals surface area contributed by atoms with Gasteiger partial charge in [-0.3, -0.25) is 4.79 Å². The summed E-state index contributed by atoms with van der Waals surface area (Å²) in [5.74, 6) is -0.824. The molecule has 0 saturated carbocycles. The number of nitrogens with zero attached hydrogens (tertiary/aromatic N) is 2. The minimum atomic E-state index is -0.648. The van der Waals surface area contributed by atoms with E-state index in [1.165, 1.54) is 0 Å². The second-order valence-corrected chi connectivity index (χ2v) is 6.46. The molecule has 2 aromatic rings. The van der Waals surface area contributed by atoms with Crippen LogP contribution in [0.5, 0.6) is 0 Å². The highest BCUT2D eigenvalue weighted by Gasteiger charge is 2.35. The van der Waals surface area contributed by atoms with Gasteiger partial charge < -0.3 is 14.9 Å². The van der Waals surface area contributed by atoms with Gasteiger partial charge in [0.2, 0.25) is 0 Å². The fraction of sp³-hybridized carbons (Fsp3) is 0.250. The highest BCUT2D eigenvalue weighted by molar-refractivity contribution is 6.31. The second kappa shape index (κ2) is 6.04. The third-order valence-corrected chi connectivity index (χ3v) is 4.43. The lowest BCUT2D eigenvalue weighted by Gasteiger charge is -2.37. The zero-order valence-electron chi connectivity index (χ0n) is 14.4. The van der Waals surface area contributed by atoms with Crippen molar-refractivity contribution in [2.24, 2.45) is 0 Å². The van der Waals surface area contributed by atoms with Gasteiger partial charge in [0, 0.05) is 45.1 Å². The lowest BCUT2D eigenvalue weighted by molar-refractivity contribution is -0.310. The van der Waals surface area contributed by atoms with Crippen LogP contribution in [0.1, 0.15) is 17.0 Å². The maximum Gasteiger partial charge on any atom is 0.173 e. The summed E-state index contributed by atoms with van der Waals surface area (Å²) in [6.45, 7) is 0. The van der Waals surface area contributed by atoms with Crippen molar-refractivity contribution in [3.63, 3.8) is 0 Å². The predicted octanol–water partition coefficient (Wildman–Crippen LogP) is 2.26. The van der Waals surface area contributed by atoms with Crippen LogP contribution in [0, 0.1) is 0 Å². The molecule has 1 atom stereocenters. The number of anilines is 2. The summed E-state index contributed by atoms with van der Waals surface area (Å²) >= 11 is 0. The topological polar surface area (TPSA) is 46.6 Å². The molecule has 0 spiro atoms. The molecule has 0 fully saturated rings. The van der Waals surface area contributed by atoms with Crippen molar-refractivity contribution in [3.8, 4) is 0 Å². The monoisotopic (exact) mass is 321 g/mol. The second-order valence-electron chi connectivity index (χ2n) is 6.46. The van der Waals surface area contributed by atoms with Crippen LogP contribution in [-0.2, 0) is 4.79 Å². The van der Waals surface area contributed by atoms with Gasteiger partial charge in [0.05, 0.1) is 5.92 Å². The Labute approximate surface area is 142 Å². The Morgan fingerprint density at radius 1 is 0.792 bits per heavy atom. The van der Waals surface area contributed by atoms with Crippen molar-refractivity contribution in [2.75, 3.05) is 38.0 Å². The van der Waals surface area contributed by atoms with E-state index in [-0.39, 0.29) is 11.5 Å². The van der Waals surface area contributed by atoms with Gasteiger partial charge in [0.15, 0.2) is 5.78 Å². The number of Topliss-reactive ketones (excluding diaryl/α,β-unsaturated/α-hetero) is 1. The van der Waals surface area contributed by atoms with Gasteiger partial charge in [0.1, 0.15) is 0 Å². The Morgan fingerprint density at radius 2 is 1.25 bits per heavy atom. The molecule has 3 rings (SSSR count). The number of carbonyl (C=O) groups excluding carboxylic acids is 1. The van der Waals surface area contributed by atoms with E-state index in [4.69, 9.17) is 0 Å². The molecule has 0 radical (unpaired) electrons. The lowest BCUT2D eigenvalue weighted by atomic mass is 9.75. The van der Waals surface area contributed by atoms with Gasteiger partial charge in [-0.25, -0.2) is 0 Å². The van der Waals surface area contributed by atoms with Crippen LogP contribution < -0.4 is 14.9 Å². The first-order valence-electron chi connectivity index (χ1n) is 7.90. The highest BCUT2D eigenvalue weighted by Crippen LogP contribution is 2.41. The van der Waals surface area contributed by atoms with Gasteiger partial charge in [-0.1, -0.05) is 24.3 Å². The van der Waals surface area contributed by atoms with Crippen LogP contribution in [0.4, 0.5) is 11.4 Å². The first-order valence-corrected chi connectivity index (χ1v) is 7.90. The van der Waals surface area contributed by atoms with Crippen molar-refractivity contribution in [2.45, 2.75) is 5.92 Å². The van der Waals surface area contributed by atoms with E-state index in [9.17, 15) is 9.90 Å². The Hall–Kier alpha value is -2.75. The smallest absolute Gasteiger partial charge is 0.173 e. The first-order chi connectivity index (χ1) is 11.4. The van der Waals surface area contributed by atoms with E-state index in [0.717, 1.165) is 16.9 Å². The third-order valence-electron chi connectivity index (χ3n) is 4.43. The molecule has 0 saturated heterocycles. The van der Waals surface area contributed by atoms with Crippen molar-refractivity contribution >= 4 is 22.7 Å². The maximum absolute atomic E-state index is 12.5. The molecule has 0 heterocycles. The van der Waals surface area contributed by atoms with Crippen molar-refractivity contribution in [3.05, 3.63) is 65.4 Å². The van der Waals surface area contributed by atoms with Gasteiger partial charge in [-0.05, 0) is 35.4 Å². The minimum Gasteiger partial charge on any atom is -0.874 e. The van der Waals surface area contributed by atoms with Crippen molar-refractivity contribution < 1.29 is 9.90 Å². The van der Waals surface area contributed by atoms with Gasteiger partial charge >= 0.3 is 0 Å². The average Bonchev–Trinajstić information content (AvgIpc) is 2.56. The summed E-state index contributed by atoms with van der Waals surface area (Å²) in [6, 6.07) is 15.1. The summed E-state index contributed by atoms with van der Waals surface area (Å²) in [6.07, 6.45) is 0. The number of rotatable bonds is 4. The molecule has 1 aliphatic rings. The number of ketones is 1. The number of benzene rings is 2. The van der Waals surface area contributed by atoms with Crippen molar-refractivity contribution in [1.29, 1.82) is 0 Å². The Morgan fingerprint density at radius 3 is 1.67 bits per heavy atom. The zero-order chi connectivity index (χ0) is 17.4. The molecule has 4 nitrogen and oxygen atoms in total. The fourth-order valence-electron chi connectivity index (χ4n) is 2.93. The molecule has 0 bridgehead atoms. The largest absolute Gasteiger partial charge is 0.874 e. The average molecular weight is 321 g/mol. The molecule has 124 valence electrons. The molecule has 0 aromatic heterocycles. The number of allylic oxidation sites excluding steroid dienone is 2. The Bertz CT molecular complexity index is 787. The maximum atomic E-state index is 12.5. The van der Waals surface area contributed by atoms with Crippen LogP contribution in [0.3, 0.4) is 0 Å². The number of hydrogen-bond donors (Lipinski definition) is 0. The molecule has 24 heavy (non-hydrogen) atoms. The van der Waals surface area contributed by atoms with Gasteiger partial charge in [-0.2, -0.15) is 0 Å². The predicted molar refractivity (Wildman–Crippen MR) is 96.2 cm³/mol. The summed E-state index contributed by atoms with van der Waals surface area (Å²) < 4.78 is 0.